The molecule has 1 N–H and O–H groups in total. The number of rotatable bonds is 8. The lowest BCUT2D eigenvalue weighted by molar-refractivity contribution is -0.234. The number of carboxylic acids is 1. The van der Waals surface area contributed by atoms with Gasteiger partial charge in [0.25, 0.3) is 0 Å². The smallest absolute Gasteiger partial charge is 0.309 e. The Bertz CT molecular complexity index is 530. The van der Waals surface area contributed by atoms with Crippen LogP contribution in [0, 0.1) is 5.92 Å². The van der Waals surface area contributed by atoms with E-state index < -0.39 is 54.2 Å². The van der Waals surface area contributed by atoms with Gasteiger partial charge in [-0.3, -0.25) is 19.2 Å². The van der Waals surface area contributed by atoms with Gasteiger partial charge in [-0.05, 0) is 6.92 Å². The minimum absolute atomic E-state index is 0.0402. The molecule has 1 saturated heterocycles. The number of carbonyl (C=O) groups is 4. The minimum Gasteiger partial charge on any atom is -0.481 e. The molecule has 26 heavy (non-hydrogen) atoms. The van der Waals surface area contributed by atoms with Gasteiger partial charge >= 0.3 is 23.9 Å². The Kier molecular flexibility index (Phi) is 8.50. The highest BCUT2D eigenvalue weighted by Gasteiger charge is 2.50. The maximum absolute atomic E-state index is 11.8. The summed E-state index contributed by atoms with van der Waals surface area (Å²) in [6.07, 6.45) is -4.20. The van der Waals surface area contributed by atoms with Crippen LogP contribution in [0.15, 0.2) is 0 Å². The second-order valence-corrected chi connectivity index (χ2v) is 5.92. The fourth-order valence-corrected chi connectivity index (χ4v) is 2.46. The molecule has 1 fully saturated rings. The van der Waals surface area contributed by atoms with E-state index in [0.29, 0.717) is 0 Å². The van der Waals surface area contributed by atoms with Gasteiger partial charge in [0.2, 0.25) is 0 Å². The van der Waals surface area contributed by atoms with E-state index in [4.69, 9.17) is 18.9 Å². The lowest BCUT2D eigenvalue weighted by Gasteiger charge is -2.42. The Labute approximate surface area is 151 Å². The van der Waals surface area contributed by atoms with Crippen LogP contribution < -0.4 is 0 Å². The zero-order chi connectivity index (χ0) is 19.9. The molecule has 1 aliphatic heterocycles. The molecule has 9 heteroatoms. The summed E-state index contributed by atoms with van der Waals surface area (Å²) < 4.78 is 21.5. The topological polar surface area (TPSA) is 125 Å². The number of hydrogen-bond acceptors (Lipinski definition) is 8. The molecular formula is C17H26O9. The molecule has 5 atom stereocenters. The predicted octanol–water partition coefficient (Wildman–Crippen LogP) is 1.07. The van der Waals surface area contributed by atoms with Crippen LogP contribution >= 0.6 is 0 Å². The number of esters is 3. The third kappa shape index (κ3) is 5.69. The second kappa shape index (κ2) is 10.1. The Morgan fingerprint density at radius 2 is 1.38 bits per heavy atom. The Balaban J connectivity index is 3.19. The molecule has 2 unspecified atom stereocenters. The molecule has 1 heterocycles. The van der Waals surface area contributed by atoms with Crippen molar-refractivity contribution in [3.8, 4) is 0 Å². The van der Waals surface area contributed by atoms with Crippen LogP contribution in [0.2, 0.25) is 0 Å². The molecular weight excluding hydrogens is 348 g/mol. The number of hydrogen-bond donors (Lipinski definition) is 1. The largest absolute Gasteiger partial charge is 0.481 e. The normalized spacial score (nSPS) is 26.5. The van der Waals surface area contributed by atoms with Crippen LogP contribution in [0.25, 0.3) is 0 Å². The third-order valence-corrected chi connectivity index (χ3v) is 4.03. The van der Waals surface area contributed by atoms with Gasteiger partial charge in [-0.1, -0.05) is 20.8 Å². The highest BCUT2D eigenvalue weighted by Crippen LogP contribution is 2.29. The highest BCUT2D eigenvalue weighted by atomic mass is 16.6. The summed E-state index contributed by atoms with van der Waals surface area (Å²) in [4.78, 5) is 46.7. The molecule has 0 aromatic rings. The quantitative estimate of drug-likeness (QED) is 0.490. The van der Waals surface area contributed by atoms with E-state index in [9.17, 15) is 24.3 Å². The molecule has 0 aliphatic carbocycles. The first-order valence-electron chi connectivity index (χ1n) is 8.67. The number of carboxylic acid groups (broad SMARTS) is 1. The van der Waals surface area contributed by atoms with E-state index >= 15 is 0 Å². The maximum Gasteiger partial charge on any atom is 0.309 e. The molecule has 0 aromatic carbocycles. The third-order valence-electron chi connectivity index (χ3n) is 4.03. The van der Waals surface area contributed by atoms with Gasteiger partial charge in [-0.15, -0.1) is 0 Å². The molecule has 148 valence electrons. The molecule has 9 nitrogen and oxygen atoms in total. The van der Waals surface area contributed by atoms with Crippen molar-refractivity contribution in [1.82, 2.24) is 0 Å². The van der Waals surface area contributed by atoms with E-state index in [0.717, 1.165) is 0 Å². The summed E-state index contributed by atoms with van der Waals surface area (Å²) in [6.45, 7) is 5.98. The van der Waals surface area contributed by atoms with Gasteiger partial charge in [-0.25, -0.2) is 0 Å². The lowest BCUT2D eigenvalue weighted by Crippen LogP contribution is -2.60. The van der Waals surface area contributed by atoms with Gasteiger partial charge < -0.3 is 24.1 Å². The van der Waals surface area contributed by atoms with Crippen LogP contribution in [0.5, 0.6) is 0 Å². The summed E-state index contributed by atoms with van der Waals surface area (Å²) in [5.41, 5.74) is 0. The van der Waals surface area contributed by atoms with Gasteiger partial charge in [0, 0.05) is 19.3 Å². The average Bonchev–Trinajstić information content (AvgIpc) is 2.62. The van der Waals surface area contributed by atoms with Crippen molar-refractivity contribution >= 4 is 23.9 Å². The molecule has 0 spiro atoms. The average molecular weight is 374 g/mol. The Hall–Kier alpha value is -2.16. The van der Waals surface area contributed by atoms with Crippen LogP contribution in [0.4, 0.5) is 0 Å². The number of carbonyl (C=O) groups excluding carboxylic acids is 3. The van der Waals surface area contributed by atoms with Crippen molar-refractivity contribution in [1.29, 1.82) is 0 Å². The molecule has 0 amide bonds. The highest BCUT2D eigenvalue weighted by molar-refractivity contribution is 5.72. The van der Waals surface area contributed by atoms with Crippen LogP contribution in [0.1, 0.15) is 47.0 Å². The minimum atomic E-state index is -1.20. The summed E-state index contributed by atoms with van der Waals surface area (Å²) >= 11 is 0. The molecule has 0 bridgehead atoms. The van der Waals surface area contributed by atoms with Crippen LogP contribution in [-0.4, -0.2) is 60.0 Å². The number of ether oxygens (including phenoxy) is 4. The zero-order valence-electron chi connectivity index (χ0n) is 15.4. The van der Waals surface area contributed by atoms with Crippen molar-refractivity contribution in [2.75, 3.05) is 6.61 Å². The van der Waals surface area contributed by atoms with Gasteiger partial charge in [0.1, 0.15) is 6.10 Å². The lowest BCUT2D eigenvalue weighted by atomic mass is 9.91. The first-order valence-corrected chi connectivity index (χ1v) is 8.67. The molecule has 0 radical (unpaired) electrons. The van der Waals surface area contributed by atoms with Crippen molar-refractivity contribution in [2.24, 2.45) is 5.92 Å². The molecule has 0 saturated carbocycles. The van der Waals surface area contributed by atoms with E-state index in [-0.39, 0.29) is 25.9 Å². The molecule has 0 aromatic heterocycles. The zero-order valence-corrected chi connectivity index (χ0v) is 15.4. The number of aliphatic carboxylic acids is 1. The predicted molar refractivity (Wildman–Crippen MR) is 87.1 cm³/mol. The van der Waals surface area contributed by atoms with Gasteiger partial charge in [0.15, 0.2) is 18.3 Å². The van der Waals surface area contributed by atoms with Crippen molar-refractivity contribution < 1.29 is 43.2 Å². The first-order chi connectivity index (χ1) is 12.2. The van der Waals surface area contributed by atoms with E-state index in [2.05, 4.69) is 0 Å². The standard InChI is InChI=1S/C17H26O9/c1-5-11(18)24-10-8-23-14(9(4)17(21)22)16(26-13(20)7-3)15(10)25-12(19)6-2/h9-10,14-16H,5-8H2,1-4H3,(H,21,22)/t9-,10-,14?,15-,16?/m0/s1. The van der Waals surface area contributed by atoms with Crippen molar-refractivity contribution in [2.45, 2.75) is 71.4 Å². The van der Waals surface area contributed by atoms with Crippen LogP contribution in [0.3, 0.4) is 0 Å². The fourth-order valence-electron chi connectivity index (χ4n) is 2.46. The fraction of sp³-hybridized carbons (Fsp3) is 0.765. The Morgan fingerprint density at radius 3 is 1.85 bits per heavy atom. The van der Waals surface area contributed by atoms with Crippen molar-refractivity contribution in [3.63, 3.8) is 0 Å². The van der Waals surface area contributed by atoms with E-state index in [1.807, 2.05) is 0 Å². The van der Waals surface area contributed by atoms with Crippen molar-refractivity contribution in [3.05, 3.63) is 0 Å². The summed E-state index contributed by atoms with van der Waals surface area (Å²) in [5, 5.41) is 9.29. The van der Waals surface area contributed by atoms with E-state index in [1.54, 1.807) is 20.8 Å². The molecule has 1 aliphatic rings. The van der Waals surface area contributed by atoms with E-state index in [1.165, 1.54) is 6.92 Å². The Morgan fingerprint density at radius 1 is 0.923 bits per heavy atom. The van der Waals surface area contributed by atoms with Gasteiger partial charge in [-0.2, -0.15) is 0 Å². The molecule has 1 rings (SSSR count). The van der Waals surface area contributed by atoms with Crippen LogP contribution in [-0.2, 0) is 38.1 Å². The summed E-state index contributed by atoms with van der Waals surface area (Å²) in [5.74, 6) is -3.93. The SMILES string of the molecule is CCC(=O)OC1C([C@H](C)C(=O)O)OC[C@H](OC(=O)CC)[C@@H]1OC(=O)CC. The summed E-state index contributed by atoms with van der Waals surface area (Å²) in [6, 6.07) is 0. The first kappa shape index (κ1) is 21.9. The van der Waals surface area contributed by atoms with Gasteiger partial charge in [0.05, 0.1) is 12.5 Å². The second-order valence-electron chi connectivity index (χ2n) is 5.92. The monoisotopic (exact) mass is 374 g/mol. The summed E-state index contributed by atoms with van der Waals surface area (Å²) in [7, 11) is 0. The maximum atomic E-state index is 11.8.